The lowest BCUT2D eigenvalue weighted by Crippen LogP contribution is -2.26. The normalized spacial score (nSPS) is 12.0. The molecule has 1 atom stereocenters. The molecule has 0 aliphatic rings. The van der Waals surface area contributed by atoms with E-state index in [0.717, 1.165) is 16.5 Å². The zero-order valence-electron chi connectivity index (χ0n) is 12.2. The van der Waals surface area contributed by atoms with Crippen LogP contribution in [0.25, 0.3) is 0 Å². The maximum absolute atomic E-state index is 12.2. The van der Waals surface area contributed by atoms with Crippen molar-refractivity contribution >= 4 is 27.5 Å². The largest absolute Gasteiger partial charge is 0.398 e. The topological polar surface area (TPSA) is 55.1 Å². The van der Waals surface area contributed by atoms with Crippen molar-refractivity contribution in [2.75, 3.05) is 5.73 Å². The minimum absolute atomic E-state index is 0.0419. The van der Waals surface area contributed by atoms with Gasteiger partial charge in [-0.3, -0.25) is 4.79 Å². The second-order valence-corrected chi connectivity index (χ2v) is 5.88. The SMILES string of the molecule is CCc1ccc(C(C)NC(=O)c2ccc(N)c(Br)c2)cc1. The number of aryl methyl sites for hydroxylation is 1. The van der Waals surface area contributed by atoms with Gasteiger partial charge in [-0.1, -0.05) is 31.2 Å². The third kappa shape index (κ3) is 3.85. The number of nitrogens with one attached hydrogen (secondary N) is 1. The molecule has 0 aliphatic carbocycles. The molecule has 0 aromatic heterocycles. The van der Waals surface area contributed by atoms with Gasteiger partial charge in [0.25, 0.3) is 5.91 Å². The Morgan fingerprint density at radius 2 is 1.90 bits per heavy atom. The van der Waals surface area contributed by atoms with E-state index >= 15 is 0 Å². The molecule has 0 heterocycles. The Labute approximate surface area is 133 Å². The fourth-order valence-corrected chi connectivity index (χ4v) is 2.45. The monoisotopic (exact) mass is 346 g/mol. The number of nitrogens with two attached hydrogens (primary N) is 1. The Balaban J connectivity index is 2.08. The van der Waals surface area contributed by atoms with E-state index in [4.69, 9.17) is 5.73 Å². The summed E-state index contributed by atoms with van der Waals surface area (Å²) < 4.78 is 0.732. The van der Waals surface area contributed by atoms with E-state index in [0.29, 0.717) is 11.3 Å². The van der Waals surface area contributed by atoms with Crippen molar-refractivity contribution in [3.8, 4) is 0 Å². The molecule has 0 saturated heterocycles. The molecule has 2 aromatic carbocycles. The van der Waals surface area contributed by atoms with Crippen molar-refractivity contribution in [1.29, 1.82) is 0 Å². The van der Waals surface area contributed by atoms with Crippen LogP contribution in [0.1, 0.15) is 41.4 Å². The first-order chi connectivity index (χ1) is 10.0. The third-order valence-electron chi connectivity index (χ3n) is 3.50. The van der Waals surface area contributed by atoms with Gasteiger partial charge in [0.2, 0.25) is 0 Å². The highest BCUT2D eigenvalue weighted by atomic mass is 79.9. The molecule has 0 spiro atoms. The Kier molecular flexibility index (Phi) is 5.02. The molecular weight excluding hydrogens is 328 g/mol. The van der Waals surface area contributed by atoms with Crippen molar-refractivity contribution in [2.24, 2.45) is 0 Å². The lowest BCUT2D eigenvalue weighted by Gasteiger charge is -2.15. The van der Waals surface area contributed by atoms with E-state index in [1.165, 1.54) is 5.56 Å². The van der Waals surface area contributed by atoms with Crippen LogP contribution in [0.5, 0.6) is 0 Å². The summed E-state index contributed by atoms with van der Waals surface area (Å²) in [6, 6.07) is 13.4. The van der Waals surface area contributed by atoms with Gasteiger partial charge in [-0.05, 0) is 58.6 Å². The molecular formula is C17H19BrN2O. The lowest BCUT2D eigenvalue weighted by molar-refractivity contribution is 0.0940. The average molecular weight is 347 g/mol. The zero-order valence-corrected chi connectivity index (χ0v) is 13.8. The second kappa shape index (κ2) is 6.76. The third-order valence-corrected chi connectivity index (χ3v) is 4.18. The predicted octanol–water partition coefficient (Wildman–Crippen LogP) is 4.08. The first-order valence-corrected chi connectivity index (χ1v) is 7.75. The highest BCUT2D eigenvalue weighted by Crippen LogP contribution is 2.21. The molecule has 21 heavy (non-hydrogen) atoms. The van der Waals surface area contributed by atoms with Crippen LogP contribution in [-0.4, -0.2) is 5.91 Å². The summed E-state index contributed by atoms with van der Waals surface area (Å²) in [4.78, 5) is 12.2. The molecule has 110 valence electrons. The number of carbonyl (C=O) groups is 1. The molecule has 3 N–H and O–H groups in total. The summed E-state index contributed by atoms with van der Waals surface area (Å²) in [5, 5.41) is 3.00. The molecule has 0 radical (unpaired) electrons. The summed E-state index contributed by atoms with van der Waals surface area (Å²) in [6.45, 7) is 4.10. The van der Waals surface area contributed by atoms with Crippen LogP contribution in [0.4, 0.5) is 5.69 Å². The van der Waals surface area contributed by atoms with E-state index in [9.17, 15) is 4.79 Å². The zero-order chi connectivity index (χ0) is 15.4. The first kappa shape index (κ1) is 15.6. The minimum Gasteiger partial charge on any atom is -0.398 e. The Morgan fingerprint density at radius 3 is 2.48 bits per heavy atom. The Morgan fingerprint density at radius 1 is 1.24 bits per heavy atom. The summed E-state index contributed by atoms with van der Waals surface area (Å²) in [6.07, 6.45) is 1.01. The van der Waals surface area contributed by atoms with Crippen molar-refractivity contribution < 1.29 is 4.79 Å². The van der Waals surface area contributed by atoms with Crippen molar-refractivity contribution in [3.63, 3.8) is 0 Å². The number of hydrogen-bond acceptors (Lipinski definition) is 2. The number of amides is 1. The molecule has 4 heteroatoms. The molecule has 2 rings (SSSR count). The van der Waals surface area contributed by atoms with Crippen LogP contribution in [0.2, 0.25) is 0 Å². The summed E-state index contributed by atoms with van der Waals surface area (Å²) in [5.74, 6) is -0.109. The number of nitrogen functional groups attached to an aromatic ring is 1. The summed E-state index contributed by atoms with van der Waals surface area (Å²) in [7, 11) is 0. The van der Waals surface area contributed by atoms with Crippen LogP contribution in [-0.2, 0) is 6.42 Å². The summed E-state index contributed by atoms with van der Waals surface area (Å²) >= 11 is 3.34. The molecule has 0 aliphatic heterocycles. The number of carbonyl (C=O) groups excluding carboxylic acids is 1. The molecule has 0 bridgehead atoms. The fraction of sp³-hybridized carbons (Fsp3) is 0.235. The first-order valence-electron chi connectivity index (χ1n) is 6.96. The summed E-state index contributed by atoms with van der Waals surface area (Å²) in [5.41, 5.74) is 9.32. The van der Waals surface area contributed by atoms with Gasteiger partial charge in [0, 0.05) is 15.7 Å². The van der Waals surface area contributed by atoms with E-state index in [-0.39, 0.29) is 11.9 Å². The van der Waals surface area contributed by atoms with Gasteiger partial charge < -0.3 is 11.1 Å². The van der Waals surface area contributed by atoms with Gasteiger partial charge in [-0.15, -0.1) is 0 Å². The lowest BCUT2D eigenvalue weighted by atomic mass is 10.0. The standard InChI is InChI=1S/C17H19BrN2O/c1-3-12-4-6-13(7-5-12)11(2)20-17(21)14-8-9-16(19)15(18)10-14/h4-11H,3,19H2,1-2H3,(H,20,21). The quantitative estimate of drug-likeness (QED) is 0.819. The van der Waals surface area contributed by atoms with Gasteiger partial charge in [-0.2, -0.15) is 0 Å². The van der Waals surface area contributed by atoms with Crippen LogP contribution < -0.4 is 11.1 Å². The van der Waals surface area contributed by atoms with Gasteiger partial charge in [0.15, 0.2) is 0 Å². The van der Waals surface area contributed by atoms with E-state index in [1.54, 1.807) is 18.2 Å². The van der Waals surface area contributed by atoms with Crippen molar-refractivity contribution in [1.82, 2.24) is 5.32 Å². The molecule has 0 saturated carbocycles. The van der Waals surface area contributed by atoms with Gasteiger partial charge in [-0.25, -0.2) is 0 Å². The Bertz CT molecular complexity index is 638. The van der Waals surface area contributed by atoms with Gasteiger partial charge in [0.1, 0.15) is 0 Å². The van der Waals surface area contributed by atoms with Crippen molar-refractivity contribution in [2.45, 2.75) is 26.3 Å². The Hall–Kier alpha value is -1.81. The van der Waals surface area contributed by atoms with Crippen LogP contribution in [0, 0.1) is 0 Å². The van der Waals surface area contributed by atoms with Gasteiger partial charge >= 0.3 is 0 Å². The smallest absolute Gasteiger partial charge is 0.251 e. The molecule has 3 nitrogen and oxygen atoms in total. The van der Waals surface area contributed by atoms with E-state index < -0.39 is 0 Å². The van der Waals surface area contributed by atoms with Crippen LogP contribution in [0.3, 0.4) is 0 Å². The second-order valence-electron chi connectivity index (χ2n) is 5.03. The van der Waals surface area contributed by atoms with Crippen molar-refractivity contribution in [3.05, 3.63) is 63.6 Å². The number of hydrogen-bond donors (Lipinski definition) is 2. The molecule has 2 aromatic rings. The number of benzene rings is 2. The highest BCUT2D eigenvalue weighted by Gasteiger charge is 2.12. The maximum atomic E-state index is 12.2. The number of halogens is 1. The predicted molar refractivity (Wildman–Crippen MR) is 90.3 cm³/mol. The van der Waals surface area contributed by atoms with Crippen LogP contribution in [0.15, 0.2) is 46.9 Å². The highest BCUT2D eigenvalue weighted by molar-refractivity contribution is 9.10. The number of anilines is 1. The molecule has 1 unspecified atom stereocenters. The average Bonchev–Trinajstić information content (AvgIpc) is 2.50. The van der Waals surface area contributed by atoms with Gasteiger partial charge in [0.05, 0.1) is 6.04 Å². The minimum atomic E-state index is -0.109. The molecule has 1 amide bonds. The fourth-order valence-electron chi connectivity index (χ4n) is 2.07. The molecule has 0 fully saturated rings. The maximum Gasteiger partial charge on any atom is 0.251 e. The number of rotatable bonds is 4. The van der Waals surface area contributed by atoms with E-state index in [2.05, 4.69) is 52.4 Å². The van der Waals surface area contributed by atoms with E-state index in [1.807, 2.05) is 6.92 Å². The van der Waals surface area contributed by atoms with Crippen LogP contribution >= 0.6 is 15.9 Å².